The number of carbonyl (C=O) groups excluding carboxylic acids is 1. The maximum absolute atomic E-state index is 13.0. The quantitative estimate of drug-likeness (QED) is 0.793. The van der Waals surface area contributed by atoms with Gasteiger partial charge in [-0.3, -0.25) is 4.79 Å². The Labute approximate surface area is 158 Å². The SMILES string of the molecule is COc1ccc([C@@H]2CCCN2C(=O)c2ccc(Cl)c(S(C)(=O)=O)c2)cc1. The van der Waals surface area contributed by atoms with Crippen molar-refractivity contribution in [2.75, 3.05) is 19.9 Å². The number of nitrogens with zero attached hydrogens (tertiary/aromatic N) is 1. The van der Waals surface area contributed by atoms with Gasteiger partial charge in [-0.25, -0.2) is 8.42 Å². The fourth-order valence-corrected chi connectivity index (χ4v) is 4.57. The molecule has 2 aromatic rings. The molecule has 1 aliphatic heterocycles. The lowest BCUT2D eigenvalue weighted by atomic mass is 10.0. The van der Waals surface area contributed by atoms with E-state index in [1.54, 1.807) is 18.1 Å². The lowest BCUT2D eigenvalue weighted by Crippen LogP contribution is -2.30. The molecule has 1 aliphatic rings. The molecule has 0 aliphatic carbocycles. The minimum atomic E-state index is -3.50. The number of benzene rings is 2. The number of methoxy groups -OCH3 is 1. The van der Waals surface area contributed by atoms with Crippen molar-refractivity contribution in [1.29, 1.82) is 0 Å². The third-order valence-corrected chi connectivity index (χ3v) is 6.17. The van der Waals surface area contributed by atoms with Gasteiger partial charge in [0, 0.05) is 18.4 Å². The maximum Gasteiger partial charge on any atom is 0.254 e. The Morgan fingerprint density at radius 1 is 1.19 bits per heavy atom. The number of amides is 1. The van der Waals surface area contributed by atoms with E-state index in [4.69, 9.17) is 16.3 Å². The summed E-state index contributed by atoms with van der Waals surface area (Å²) in [7, 11) is -1.89. The summed E-state index contributed by atoms with van der Waals surface area (Å²) < 4.78 is 28.9. The first kappa shape index (κ1) is 18.7. The zero-order valence-electron chi connectivity index (χ0n) is 14.6. The van der Waals surface area contributed by atoms with Gasteiger partial charge in [0.2, 0.25) is 0 Å². The zero-order chi connectivity index (χ0) is 18.9. The highest BCUT2D eigenvalue weighted by molar-refractivity contribution is 7.90. The summed E-state index contributed by atoms with van der Waals surface area (Å²) >= 11 is 5.98. The molecule has 5 nitrogen and oxygen atoms in total. The third-order valence-electron chi connectivity index (χ3n) is 4.59. The molecule has 3 rings (SSSR count). The van der Waals surface area contributed by atoms with E-state index in [1.165, 1.54) is 12.1 Å². The van der Waals surface area contributed by atoms with Gasteiger partial charge in [0.15, 0.2) is 9.84 Å². The molecule has 1 heterocycles. The van der Waals surface area contributed by atoms with Crippen LogP contribution in [0.1, 0.15) is 34.8 Å². The highest BCUT2D eigenvalue weighted by Gasteiger charge is 2.31. The molecule has 0 spiro atoms. The number of ether oxygens (including phenoxy) is 1. The van der Waals surface area contributed by atoms with Gasteiger partial charge in [0.1, 0.15) is 5.75 Å². The smallest absolute Gasteiger partial charge is 0.254 e. The highest BCUT2D eigenvalue weighted by atomic mass is 35.5. The molecule has 0 saturated carbocycles. The summed E-state index contributed by atoms with van der Waals surface area (Å²) in [5, 5.41) is 0.122. The van der Waals surface area contributed by atoms with E-state index >= 15 is 0 Å². The molecule has 138 valence electrons. The average molecular weight is 394 g/mol. The molecule has 0 radical (unpaired) electrons. The van der Waals surface area contributed by atoms with Gasteiger partial charge in [0.25, 0.3) is 5.91 Å². The molecule has 1 amide bonds. The zero-order valence-corrected chi connectivity index (χ0v) is 16.2. The van der Waals surface area contributed by atoms with E-state index in [1.807, 2.05) is 24.3 Å². The topological polar surface area (TPSA) is 63.7 Å². The molecule has 26 heavy (non-hydrogen) atoms. The van der Waals surface area contributed by atoms with Crippen LogP contribution in [0.15, 0.2) is 47.4 Å². The number of sulfone groups is 1. The Hall–Kier alpha value is -2.05. The summed E-state index contributed by atoms with van der Waals surface area (Å²) in [5.74, 6) is 0.574. The molecule has 0 aromatic heterocycles. The molecule has 2 aromatic carbocycles. The molecule has 0 bridgehead atoms. The normalized spacial score (nSPS) is 17.3. The van der Waals surface area contributed by atoms with Crippen molar-refractivity contribution in [2.24, 2.45) is 0 Å². The maximum atomic E-state index is 13.0. The molecular weight excluding hydrogens is 374 g/mol. The van der Waals surface area contributed by atoms with Crippen molar-refractivity contribution in [3.63, 3.8) is 0 Å². The van der Waals surface area contributed by atoms with Crippen molar-refractivity contribution in [1.82, 2.24) is 4.90 Å². The first-order valence-electron chi connectivity index (χ1n) is 8.26. The molecule has 7 heteroatoms. The van der Waals surface area contributed by atoms with Crippen molar-refractivity contribution in [3.05, 3.63) is 58.6 Å². The summed E-state index contributed by atoms with van der Waals surface area (Å²) in [6.45, 7) is 0.631. The number of likely N-dealkylation sites (tertiary alicyclic amines) is 1. The van der Waals surface area contributed by atoms with Gasteiger partial charge < -0.3 is 9.64 Å². The van der Waals surface area contributed by atoms with E-state index in [0.717, 1.165) is 30.4 Å². The van der Waals surface area contributed by atoms with Crippen LogP contribution in [-0.2, 0) is 9.84 Å². The summed E-state index contributed by atoms with van der Waals surface area (Å²) in [4.78, 5) is 14.8. The van der Waals surface area contributed by atoms with E-state index in [9.17, 15) is 13.2 Å². The van der Waals surface area contributed by atoms with Gasteiger partial charge >= 0.3 is 0 Å². The van der Waals surface area contributed by atoms with Crippen LogP contribution < -0.4 is 4.74 Å². The van der Waals surface area contributed by atoms with Crippen molar-refractivity contribution in [3.8, 4) is 5.75 Å². The molecule has 1 fully saturated rings. The molecule has 1 atom stereocenters. The van der Waals surface area contributed by atoms with Gasteiger partial charge in [-0.2, -0.15) is 0 Å². The van der Waals surface area contributed by atoms with Crippen molar-refractivity contribution in [2.45, 2.75) is 23.8 Å². The van der Waals surface area contributed by atoms with Crippen LogP contribution >= 0.6 is 11.6 Å². The predicted octanol–water partition coefficient (Wildman–Crippen LogP) is 3.73. The van der Waals surface area contributed by atoms with Gasteiger partial charge in [-0.05, 0) is 48.7 Å². The Bertz CT molecular complexity index is 925. The van der Waals surface area contributed by atoms with Crippen LogP contribution in [0.5, 0.6) is 5.75 Å². The Morgan fingerprint density at radius 2 is 1.88 bits per heavy atom. The Balaban J connectivity index is 1.91. The fourth-order valence-electron chi connectivity index (χ4n) is 3.27. The standard InChI is InChI=1S/C19H20ClNO4S/c1-25-15-8-5-13(6-9-15)17-4-3-11-21(17)19(22)14-7-10-16(20)18(12-14)26(2,23)24/h5-10,12,17H,3-4,11H2,1-2H3/t17-/m0/s1. The number of rotatable bonds is 4. The summed E-state index contributed by atoms with van der Waals surface area (Å²) in [6.07, 6.45) is 2.85. The van der Waals surface area contributed by atoms with Crippen LogP contribution in [0, 0.1) is 0 Å². The average Bonchev–Trinajstić information content (AvgIpc) is 3.10. The van der Waals surface area contributed by atoms with Gasteiger partial charge in [-0.15, -0.1) is 0 Å². The minimum Gasteiger partial charge on any atom is -0.497 e. The van der Waals surface area contributed by atoms with Crippen molar-refractivity contribution < 1.29 is 17.9 Å². The van der Waals surface area contributed by atoms with Crippen LogP contribution in [0.25, 0.3) is 0 Å². The van der Waals surface area contributed by atoms with Crippen LogP contribution in [-0.4, -0.2) is 39.1 Å². The molecular formula is C19H20ClNO4S. The predicted molar refractivity (Wildman–Crippen MR) is 101 cm³/mol. The Kier molecular flexibility index (Phi) is 5.25. The molecule has 1 saturated heterocycles. The van der Waals surface area contributed by atoms with Gasteiger partial charge in [-0.1, -0.05) is 23.7 Å². The second-order valence-corrected chi connectivity index (χ2v) is 8.74. The molecule has 0 N–H and O–H groups in total. The number of hydrogen-bond donors (Lipinski definition) is 0. The van der Waals surface area contributed by atoms with Gasteiger partial charge in [0.05, 0.1) is 23.1 Å². The number of carbonyl (C=O) groups is 1. The van der Waals surface area contributed by atoms with Crippen LogP contribution in [0.2, 0.25) is 5.02 Å². The second kappa shape index (κ2) is 7.29. The number of hydrogen-bond acceptors (Lipinski definition) is 4. The van der Waals surface area contributed by atoms with E-state index in [2.05, 4.69) is 0 Å². The number of halogens is 1. The first-order chi connectivity index (χ1) is 12.3. The third kappa shape index (κ3) is 3.71. The van der Waals surface area contributed by atoms with E-state index < -0.39 is 9.84 Å². The Morgan fingerprint density at radius 3 is 2.50 bits per heavy atom. The van der Waals surface area contributed by atoms with E-state index in [-0.39, 0.29) is 21.9 Å². The lowest BCUT2D eigenvalue weighted by molar-refractivity contribution is 0.0735. The van der Waals surface area contributed by atoms with Crippen molar-refractivity contribution >= 4 is 27.3 Å². The van der Waals surface area contributed by atoms with E-state index in [0.29, 0.717) is 12.1 Å². The summed E-state index contributed by atoms with van der Waals surface area (Å²) in [5.41, 5.74) is 1.36. The first-order valence-corrected chi connectivity index (χ1v) is 10.5. The minimum absolute atomic E-state index is 0.0230. The highest BCUT2D eigenvalue weighted by Crippen LogP contribution is 2.34. The van der Waals surface area contributed by atoms with Crippen LogP contribution in [0.4, 0.5) is 0 Å². The second-order valence-electron chi connectivity index (χ2n) is 6.35. The molecule has 0 unspecified atom stereocenters. The largest absolute Gasteiger partial charge is 0.497 e. The van der Waals surface area contributed by atoms with Crippen LogP contribution in [0.3, 0.4) is 0 Å². The fraction of sp³-hybridized carbons (Fsp3) is 0.316. The lowest BCUT2D eigenvalue weighted by Gasteiger charge is -2.25. The monoisotopic (exact) mass is 393 g/mol. The summed E-state index contributed by atoms with van der Waals surface area (Å²) in [6, 6.07) is 12.0.